The summed E-state index contributed by atoms with van der Waals surface area (Å²) in [5.41, 5.74) is 2.21. The fourth-order valence-electron chi connectivity index (χ4n) is 3.68. The molecule has 1 fully saturated rings. The number of aromatic nitrogens is 4. The summed E-state index contributed by atoms with van der Waals surface area (Å²) in [5.74, 6) is 0.698. The third kappa shape index (κ3) is 2.91. The predicted molar refractivity (Wildman–Crippen MR) is 93.2 cm³/mol. The van der Waals surface area contributed by atoms with Crippen molar-refractivity contribution in [2.75, 3.05) is 0 Å². The van der Waals surface area contributed by atoms with Crippen LogP contribution in [0.3, 0.4) is 0 Å². The maximum absolute atomic E-state index is 12.6. The summed E-state index contributed by atoms with van der Waals surface area (Å²) in [6.07, 6.45) is 7.19. The van der Waals surface area contributed by atoms with Crippen molar-refractivity contribution >= 4 is 16.9 Å². The van der Waals surface area contributed by atoms with Gasteiger partial charge < -0.3 is 20.0 Å². The van der Waals surface area contributed by atoms with Crippen molar-refractivity contribution < 1.29 is 9.90 Å². The van der Waals surface area contributed by atoms with Crippen molar-refractivity contribution in [1.29, 1.82) is 0 Å². The van der Waals surface area contributed by atoms with Crippen LogP contribution in [-0.4, -0.2) is 42.7 Å². The van der Waals surface area contributed by atoms with Crippen molar-refractivity contribution in [2.24, 2.45) is 0 Å². The van der Waals surface area contributed by atoms with E-state index < -0.39 is 6.10 Å². The molecule has 3 N–H and O–H groups in total. The average Bonchev–Trinajstić information content (AvgIpc) is 3.24. The lowest BCUT2D eigenvalue weighted by Gasteiger charge is -2.36. The Morgan fingerprint density at radius 3 is 3.04 bits per heavy atom. The first-order valence-corrected chi connectivity index (χ1v) is 8.55. The zero-order valence-corrected chi connectivity index (χ0v) is 14.0. The van der Waals surface area contributed by atoms with Gasteiger partial charge in [0, 0.05) is 18.0 Å². The Hall–Kier alpha value is -2.67. The number of carbonyl (C=O) groups excluding carboxylic acids is 1. The summed E-state index contributed by atoms with van der Waals surface area (Å²) in [7, 11) is 0. The first-order valence-electron chi connectivity index (χ1n) is 8.55. The topological polar surface area (TPSA) is 95.8 Å². The second-order valence-corrected chi connectivity index (χ2v) is 6.58. The number of hydrogen-bond acceptors (Lipinski definition) is 4. The Kier molecular flexibility index (Phi) is 4.01. The number of imidazole rings is 2. The number of benzene rings is 1. The number of hydrogen-bond donors (Lipinski definition) is 3. The molecule has 1 aliphatic rings. The highest BCUT2D eigenvalue weighted by atomic mass is 16.3. The fraction of sp³-hybridized carbons (Fsp3) is 0.389. The van der Waals surface area contributed by atoms with Crippen molar-refractivity contribution in [2.45, 2.75) is 44.4 Å². The summed E-state index contributed by atoms with van der Waals surface area (Å²) >= 11 is 0. The Morgan fingerprint density at radius 1 is 1.36 bits per heavy atom. The van der Waals surface area contributed by atoms with Crippen molar-refractivity contribution in [3.63, 3.8) is 0 Å². The van der Waals surface area contributed by atoms with Gasteiger partial charge in [-0.05, 0) is 44.4 Å². The number of H-pyrrole nitrogens is 1. The van der Waals surface area contributed by atoms with Gasteiger partial charge in [0.1, 0.15) is 5.82 Å². The van der Waals surface area contributed by atoms with E-state index in [2.05, 4.69) is 20.3 Å². The van der Waals surface area contributed by atoms with Crippen LogP contribution in [-0.2, 0) is 0 Å². The minimum Gasteiger partial charge on any atom is -0.389 e. The van der Waals surface area contributed by atoms with E-state index in [1.54, 1.807) is 24.7 Å². The third-order valence-corrected chi connectivity index (χ3v) is 5.04. The molecule has 25 heavy (non-hydrogen) atoms. The number of amides is 1. The van der Waals surface area contributed by atoms with Gasteiger partial charge >= 0.3 is 0 Å². The molecule has 1 aromatic carbocycles. The quantitative estimate of drug-likeness (QED) is 0.679. The minimum atomic E-state index is -0.638. The smallest absolute Gasteiger partial charge is 0.251 e. The van der Waals surface area contributed by atoms with E-state index in [9.17, 15) is 9.90 Å². The van der Waals surface area contributed by atoms with Gasteiger partial charge in [-0.25, -0.2) is 9.97 Å². The number of nitrogens with zero attached hydrogens (tertiary/aromatic N) is 3. The lowest BCUT2D eigenvalue weighted by atomic mass is 9.87. The molecule has 0 radical (unpaired) electrons. The van der Waals surface area contributed by atoms with Crippen LogP contribution in [0.2, 0.25) is 0 Å². The second-order valence-electron chi connectivity index (χ2n) is 6.58. The summed E-state index contributed by atoms with van der Waals surface area (Å²) in [6.45, 7) is 1.93. The van der Waals surface area contributed by atoms with Crippen LogP contribution in [0.1, 0.15) is 41.5 Å². The molecule has 0 aliphatic heterocycles. The van der Waals surface area contributed by atoms with E-state index in [1.165, 1.54) is 0 Å². The average molecular weight is 339 g/mol. The highest BCUT2D eigenvalue weighted by molar-refractivity contribution is 5.97. The van der Waals surface area contributed by atoms with E-state index in [0.29, 0.717) is 5.56 Å². The molecule has 130 valence electrons. The molecule has 0 unspecified atom stereocenters. The highest BCUT2D eigenvalue weighted by Gasteiger charge is 2.34. The molecule has 7 nitrogen and oxygen atoms in total. The summed E-state index contributed by atoms with van der Waals surface area (Å²) in [5, 5.41) is 13.8. The molecule has 0 bridgehead atoms. The highest BCUT2D eigenvalue weighted by Crippen LogP contribution is 2.30. The first kappa shape index (κ1) is 15.8. The van der Waals surface area contributed by atoms with Crippen LogP contribution in [0.5, 0.6) is 0 Å². The summed E-state index contributed by atoms with van der Waals surface area (Å²) in [4.78, 5) is 24.0. The van der Waals surface area contributed by atoms with E-state index in [1.807, 2.05) is 23.8 Å². The van der Waals surface area contributed by atoms with Crippen LogP contribution in [0.4, 0.5) is 0 Å². The fourth-order valence-corrected chi connectivity index (χ4v) is 3.68. The number of aliphatic hydroxyl groups is 1. The molecule has 1 saturated carbocycles. The van der Waals surface area contributed by atoms with Gasteiger partial charge in [-0.2, -0.15) is 0 Å². The number of carbonyl (C=O) groups is 1. The Labute approximate surface area is 145 Å². The van der Waals surface area contributed by atoms with Gasteiger partial charge in [0.2, 0.25) is 0 Å². The second kappa shape index (κ2) is 6.33. The lowest BCUT2D eigenvalue weighted by Crippen LogP contribution is -2.49. The molecule has 1 aliphatic carbocycles. The number of fused-ring (bicyclic) bond motifs is 1. The molecule has 7 heteroatoms. The number of nitrogens with one attached hydrogen (secondary N) is 2. The van der Waals surface area contributed by atoms with Crippen LogP contribution >= 0.6 is 0 Å². The van der Waals surface area contributed by atoms with Gasteiger partial charge in [0.15, 0.2) is 0 Å². The maximum Gasteiger partial charge on any atom is 0.251 e. The Bertz CT molecular complexity index is 900. The molecule has 3 aromatic rings. The van der Waals surface area contributed by atoms with Gasteiger partial charge in [0.25, 0.3) is 5.91 Å². The van der Waals surface area contributed by atoms with Gasteiger partial charge in [0.05, 0.1) is 35.5 Å². The van der Waals surface area contributed by atoms with Crippen LogP contribution in [0.15, 0.2) is 36.9 Å². The molecule has 0 spiro atoms. The summed E-state index contributed by atoms with van der Waals surface area (Å²) in [6, 6.07) is 5.02. The Morgan fingerprint density at radius 2 is 2.24 bits per heavy atom. The number of rotatable bonds is 3. The van der Waals surface area contributed by atoms with Gasteiger partial charge in [-0.1, -0.05) is 0 Å². The molecule has 2 aromatic heterocycles. The largest absolute Gasteiger partial charge is 0.389 e. The van der Waals surface area contributed by atoms with Crippen molar-refractivity contribution in [1.82, 2.24) is 24.8 Å². The van der Waals surface area contributed by atoms with Crippen LogP contribution in [0, 0.1) is 6.92 Å². The molecular formula is C18H21N5O2. The number of aliphatic hydroxyl groups excluding tert-OH is 1. The third-order valence-electron chi connectivity index (χ3n) is 5.04. The number of aryl methyl sites for hydroxylation is 1. The normalized spacial score (nSPS) is 23.7. The van der Waals surface area contributed by atoms with E-state index in [4.69, 9.17) is 0 Å². The van der Waals surface area contributed by atoms with E-state index in [-0.39, 0.29) is 18.0 Å². The molecule has 0 saturated heterocycles. The predicted octanol–water partition coefficient (Wildman–Crippen LogP) is 1.95. The van der Waals surface area contributed by atoms with E-state index >= 15 is 0 Å². The minimum absolute atomic E-state index is 0.0587. The van der Waals surface area contributed by atoms with Gasteiger partial charge in [-0.3, -0.25) is 4.79 Å². The molecule has 2 heterocycles. The zero-order chi connectivity index (χ0) is 17.4. The SMILES string of the molecule is Cc1nccn1[C@@H]1CCC[C@@H](NC(=O)c2ccc3nc[nH]c3c2)[C@H]1O. The van der Waals surface area contributed by atoms with Crippen molar-refractivity contribution in [3.05, 3.63) is 48.3 Å². The zero-order valence-electron chi connectivity index (χ0n) is 14.0. The number of aromatic amines is 1. The summed E-state index contributed by atoms with van der Waals surface area (Å²) < 4.78 is 2.00. The first-order chi connectivity index (χ1) is 12.1. The molecule has 4 rings (SSSR count). The van der Waals surface area contributed by atoms with Crippen molar-refractivity contribution in [3.8, 4) is 0 Å². The van der Waals surface area contributed by atoms with E-state index in [0.717, 1.165) is 36.1 Å². The molecular weight excluding hydrogens is 318 g/mol. The van der Waals surface area contributed by atoms with Crippen LogP contribution < -0.4 is 5.32 Å². The maximum atomic E-state index is 12.6. The van der Waals surface area contributed by atoms with Crippen LogP contribution in [0.25, 0.3) is 11.0 Å². The standard InChI is InChI=1S/C18H21N5O2/c1-11-19-7-8-23(11)16-4-2-3-14(17(16)24)22-18(25)12-5-6-13-15(9-12)21-10-20-13/h5-10,14,16-17,24H,2-4H2,1H3,(H,20,21)(H,22,25)/t14-,16-,17-/m1/s1. The monoisotopic (exact) mass is 339 g/mol. The molecule has 1 amide bonds. The lowest BCUT2D eigenvalue weighted by molar-refractivity contribution is 0.0392. The Balaban J connectivity index is 1.51. The van der Waals surface area contributed by atoms with Gasteiger partial charge in [-0.15, -0.1) is 0 Å². The molecule has 3 atom stereocenters.